The number of benzene rings is 1. The zero-order valence-corrected chi connectivity index (χ0v) is 16.5. The van der Waals surface area contributed by atoms with Crippen LogP contribution in [-0.4, -0.2) is 30.7 Å². The van der Waals surface area contributed by atoms with E-state index in [-0.39, 0.29) is 18.7 Å². The second-order valence-corrected chi connectivity index (χ2v) is 6.23. The van der Waals surface area contributed by atoms with Crippen molar-refractivity contribution in [3.63, 3.8) is 0 Å². The van der Waals surface area contributed by atoms with Crippen molar-refractivity contribution in [1.82, 2.24) is 5.48 Å². The number of amides is 1. The fourth-order valence-corrected chi connectivity index (χ4v) is 2.69. The summed E-state index contributed by atoms with van der Waals surface area (Å²) < 4.78 is 9.99. The van der Waals surface area contributed by atoms with Gasteiger partial charge in [0.2, 0.25) is 0 Å². The fraction of sp³-hybridized carbons (Fsp3) is 0.450. The molecule has 0 aliphatic carbocycles. The van der Waals surface area contributed by atoms with Crippen LogP contribution in [0.5, 0.6) is 0 Å². The minimum atomic E-state index is -0.894. The molecule has 148 valence electrons. The topological polar surface area (TPSA) is 90.9 Å². The molecule has 0 saturated heterocycles. The van der Waals surface area contributed by atoms with Crippen LogP contribution in [-0.2, 0) is 19.1 Å². The largest absolute Gasteiger partial charge is 0.458 e. The van der Waals surface area contributed by atoms with Crippen LogP contribution in [0.4, 0.5) is 4.79 Å². The number of aryl methyl sites for hydroxylation is 3. The van der Waals surface area contributed by atoms with E-state index in [1.807, 2.05) is 31.5 Å². The monoisotopic (exact) mass is 377 g/mol. The van der Waals surface area contributed by atoms with Gasteiger partial charge in [-0.1, -0.05) is 31.0 Å². The minimum Gasteiger partial charge on any atom is -0.458 e. The molecule has 1 atom stereocenters. The number of hydroxylamine groups is 1. The number of nitrogens with one attached hydrogen (secondary N) is 1. The summed E-state index contributed by atoms with van der Waals surface area (Å²) in [5.74, 6) is -1.03. The van der Waals surface area contributed by atoms with Gasteiger partial charge in [0.1, 0.15) is 12.7 Å². The zero-order chi connectivity index (χ0) is 20.4. The maximum Gasteiger partial charge on any atom is 0.441 e. The first-order valence-electron chi connectivity index (χ1n) is 8.80. The lowest BCUT2D eigenvalue weighted by atomic mass is 10.0. The molecule has 1 amide bonds. The van der Waals surface area contributed by atoms with Gasteiger partial charge < -0.3 is 14.3 Å². The van der Waals surface area contributed by atoms with Crippen molar-refractivity contribution < 1.29 is 28.7 Å². The summed E-state index contributed by atoms with van der Waals surface area (Å²) in [4.78, 5) is 39.6. The number of carbonyl (C=O) groups excluding carboxylic acids is 3. The Kier molecular flexibility index (Phi) is 9.05. The molecule has 1 rings (SSSR count). The Bertz CT molecular complexity index is 687. The molecule has 27 heavy (non-hydrogen) atoms. The Morgan fingerprint density at radius 2 is 1.78 bits per heavy atom. The van der Waals surface area contributed by atoms with Crippen LogP contribution < -0.4 is 5.48 Å². The van der Waals surface area contributed by atoms with E-state index in [1.54, 1.807) is 26.0 Å². The molecule has 7 heteroatoms. The van der Waals surface area contributed by atoms with Gasteiger partial charge in [0, 0.05) is 6.92 Å². The van der Waals surface area contributed by atoms with Crippen LogP contribution in [0.2, 0.25) is 0 Å². The van der Waals surface area contributed by atoms with E-state index in [1.165, 1.54) is 6.92 Å². The van der Waals surface area contributed by atoms with Gasteiger partial charge in [-0.15, -0.1) is 5.48 Å². The van der Waals surface area contributed by atoms with Crippen molar-refractivity contribution in [2.24, 2.45) is 0 Å². The molecule has 0 saturated carbocycles. The molecule has 0 aliphatic rings. The maximum atomic E-state index is 12.1. The molecule has 7 nitrogen and oxygen atoms in total. The van der Waals surface area contributed by atoms with E-state index >= 15 is 0 Å². The quantitative estimate of drug-likeness (QED) is 0.337. The number of carbonyl (C=O) groups is 3. The predicted molar refractivity (Wildman–Crippen MR) is 100 cm³/mol. The molecule has 0 radical (unpaired) electrons. The molecular formula is C20H27NO6. The average molecular weight is 377 g/mol. The summed E-state index contributed by atoms with van der Waals surface area (Å²) >= 11 is 0. The summed E-state index contributed by atoms with van der Waals surface area (Å²) in [6, 6.07) is 3.73. The molecule has 0 bridgehead atoms. The lowest BCUT2D eigenvalue weighted by Crippen LogP contribution is -2.28. The molecule has 0 heterocycles. The highest BCUT2D eigenvalue weighted by Crippen LogP contribution is 2.17. The first-order chi connectivity index (χ1) is 12.7. The lowest BCUT2D eigenvalue weighted by molar-refractivity contribution is -0.144. The molecule has 1 N–H and O–H groups in total. The summed E-state index contributed by atoms with van der Waals surface area (Å²) in [5.41, 5.74) is 4.94. The summed E-state index contributed by atoms with van der Waals surface area (Å²) in [5, 5.41) is 0. The Labute approximate surface area is 159 Å². The Morgan fingerprint density at radius 3 is 2.33 bits per heavy atom. The third kappa shape index (κ3) is 7.94. The van der Waals surface area contributed by atoms with Crippen molar-refractivity contribution in [2.45, 2.75) is 53.6 Å². The van der Waals surface area contributed by atoms with Gasteiger partial charge in [-0.05, 0) is 50.5 Å². The van der Waals surface area contributed by atoms with Crippen LogP contribution in [0.15, 0.2) is 24.3 Å². The fourth-order valence-electron chi connectivity index (χ4n) is 2.69. The van der Waals surface area contributed by atoms with Crippen LogP contribution in [0.3, 0.4) is 0 Å². The third-order valence-corrected chi connectivity index (χ3v) is 3.66. The van der Waals surface area contributed by atoms with Gasteiger partial charge in [-0.3, -0.25) is 4.79 Å². The Balaban J connectivity index is 2.46. The van der Waals surface area contributed by atoms with Gasteiger partial charge in [0.15, 0.2) is 0 Å². The van der Waals surface area contributed by atoms with E-state index in [0.29, 0.717) is 12.0 Å². The molecule has 0 aromatic heterocycles. The first kappa shape index (κ1) is 22.2. The van der Waals surface area contributed by atoms with Crippen molar-refractivity contribution in [3.8, 4) is 0 Å². The standard InChI is InChI=1S/C20H27NO6/c1-6-8-17(26-16(5)22)9-7-10-25-20(24)21-27-19(23)18-14(3)11-13(2)12-15(18)4/h7,9,11-12,17H,6,8,10H2,1-5H3,(H,21,24)/b9-7-. The number of hydrogen-bond acceptors (Lipinski definition) is 6. The van der Waals surface area contributed by atoms with E-state index in [4.69, 9.17) is 14.3 Å². The summed E-state index contributed by atoms with van der Waals surface area (Å²) in [6.45, 7) is 8.80. The molecular weight excluding hydrogens is 350 g/mol. The van der Waals surface area contributed by atoms with Gasteiger partial charge in [0.05, 0.1) is 5.56 Å². The molecule has 1 aromatic carbocycles. The molecule has 0 aliphatic heterocycles. The Morgan fingerprint density at radius 1 is 1.15 bits per heavy atom. The second-order valence-electron chi connectivity index (χ2n) is 6.23. The van der Waals surface area contributed by atoms with Gasteiger partial charge in [-0.25, -0.2) is 9.59 Å². The zero-order valence-electron chi connectivity index (χ0n) is 16.5. The number of esters is 1. The highest BCUT2D eigenvalue weighted by Gasteiger charge is 2.16. The molecule has 1 unspecified atom stereocenters. The van der Waals surface area contributed by atoms with Crippen molar-refractivity contribution >= 4 is 18.0 Å². The van der Waals surface area contributed by atoms with Gasteiger partial charge in [-0.2, -0.15) is 0 Å². The minimum absolute atomic E-state index is 0.0482. The van der Waals surface area contributed by atoms with Crippen molar-refractivity contribution in [2.75, 3.05) is 6.61 Å². The second kappa shape index (κ2) is 11.0. The van der Waals surface area contributed by atoms with E-state index in [2.05, 4.69) is 0 Å². The molecule has 0 fully saturated rings. The molecule has 1 aromatic rings. The van der Waals surface area contributed by atoms with Crippen LogP contribution in [0.25, 0.3) is 0 Å². The highest BCUT2D eigenvalue weighted by molar-refractivity contribution is 5.93. The predicted octanol–water partition coefficient (Wildman–Crippen LogP) is 3.70. The van der Waals surface area contributed by atoms with Crippen LogP contribution in [0.1, 0.15) is 53.7 Å². The first-order valence-corrected chi connectivity index (χ1v) is 8.80. The lowest BCUT2D eigenvalue weighted by Gasteiger charge is -2.12. The third-order valence-electron chi connectivity index (χ3n) is 3.66. The van der Waals surface area contributed by atoms with E-state index in [0.717, 1.165) is 23.1 Å². The van der Waals surface area contributed by atoms with Gasteiger partial charge in [0.25, 0.3) is 0 Å². The number of hydrogen-bond donors (Lipinski definition) is 1. The van der Waals surface area contributed by atoms with Crippen LogP contribution >= 0.6 is 0 Å². The number of rotatable bonds is 7. The van der Waals surface area contributed by atoms with Crippen molar-refractivity contribution in [1.29, 1.82) is 0 Å². The summed E-state index contributed by atoms with van der Waals surface area (Å²) in [7, 11) is 0. The highest BCUT2D eigenvalue weighted by atomic mass is 16.7. The maximum absolute atomic E-state index is 12.1. The SMILES string of the molecule is CCCC(/C=C\COC(=O)NOC(=O)c1c(C)cc(C)cc1C)OC(C)=O. The summed E-state index contributed by atoms with van der Waals surface area (Å²) in [6.07, 6.45) is 3.49. The average Bonchev–Trinajstić information content (AvgIpc) is 2.55. The van der Waals surface area contributed by atoms with E-state index in [9.17, 15) is 14.4 Å². The Hall–Kier alpha value is -2.83. The van der Waals surface area contributed by atoms with Crippen LogP contribution in [0, 0.1) is 20.8 Å². The van der Waals surface area contributed by atoms with E-state index < -0.39 is 12.1 Å². The van der Waals surface area contributed by atoms with Gasteiger partial charge >= 0.3 is 18.0 Å². The normalized spacial score (nSPS) is 11.7. The number of ether oxygens (including phenoxy) is 2. The smallest absolute Gasteiger partial charge is 0.441 e. The van der Waals surface area contributed by atoms with Crippen molar-refractivity contribution in [3.05, 3.63) is 46.5 Å². The molecule has 0 spiro atoms.